The molecule has 0 N–H and O–H groups in total. The van der Waals surface area contributed by atoms with Gasteiger partial charge in [0, 0.05) is 44.6 Å². The average molecular weight is 331 g/mol. The highest BCUT2D eigenvalue weighted by atomic mass is 16.5. The number of likely N-dealkylation sites (tertiary alicyclic amines) is 1. The number of rotatable bonds is 7. The molecule has 2 aromatic rings. The zero-order chi connectivity index (χ0) is 16.9. The Morgan fingerprint density at radius 3 is 3.04 bits per heavy atom. The van der Waals surface area contributed by atoms with Crippen LogP contribution in [-0.2, 0) is 24.7 Å². The van der Waals surface area contributed by atoms with Crippen molar-refractivity contribution in [3.05, 3.63) is 29.7 Å². The van der Waals surface area contributed by atoms with Gasteiger partial charge in [0.05, 0.1) is 12.2 Å². The molecule has 0 aromatic carbocycles. The number of nitrogens with zero attached hydrogens (tertiary/aromatic N) is 5. The van der Waals surface area contributed by atoms with E-state index < -0.39 is 0 Å². The zero-order valence-electron chi connectivity index (χ0n) is 14.4. The maximum absolute atomic E-state index is 12.6. The summed E-state index contributed by atoms with van der Waals surface area (Å²) in [5, 5.41) is 8.17. The Bertz CT molecular complexity index is 678. The molecule has 7 nitrogen and oxygen atoms in total. The molecular formula is C17H25N5O2. The van der Waals surface area contributed by atoms with E-state index in [9.17, 15) is 4.79 Å². The number of hydrogen-bond acceptors (Lipinski definition) is 5. The van der Waals surface area contributed by atoms with Crippen molar-refractivity contribution >= 4 is 5.91 Å². The lowest BCUT2D eigenvalue weighted by Gasteiger charge is -2.23. The molecule has 1 aliphatic heterocycles. The topological polar surface area (TPSA) is 77.0 Å². The van der Waals surface area contributed by atoms with Crippen LogP contribution in [0, 0.1) is 0 Å². The smallest absolute Gasteiger partial charge is 0.226 e. The average Bonchev–Trinajstić information content (AvgIpc) is 3.27. The molecule has 0 spiro atoms. The van der Waals surface area contributed by atoms with E-state index in [4.69, 9.17) is 4.52 Å². The lowest BCUT2D eigenvalue weighted by atomic mass is 10.1. The van der Waals surface area contributed by atoms with Gasteiger partial charge in [-0.15, -0.1) is 0 Å². The van der Waals surface area contributed by atoms with E-state index in [1.807, 2.05) is 24.3 Å². The number of carbonyl (C=O) groups is 1. The molecule has 3 heterocycles. The summed E-state index contributed by atoms with van der Waals surface area (Å²) >= 11 is 0. The third kappa shape index (κ3) is 3.83. The molecule has 1 saturated heterocycles. The first kappa shape index (κ1) is 16.7. The van der Waals surface area contributed by atoms with Gasteiger partial charge in [0.15, 0.2) is 5.82 Å². The van der Waals surface area contributed by atoms with Crippen LogP contribution < -0.4 is 0 Å². The summed E-state index contributed by atoms with van der Waals surface area (Å²) in [6.07, 6.45) is 9.69. The first-order chi connectivity index (χ1) is 11.7. The summed E-state index contributed by atoms with van der Waals surface area (Å²) in [4.78, 5) is 18.9. The number of hydrogen-bond donors (Lipinski definition) is 0. The fourth-order valence-corrected chi connectivity index (χ4v) is 3.28. The third-order valence-corrected chi connectivity index (χ3v) is 4.45. The largest absolute Gasteiger partial charge is 0.339 e. The predicted octanol–water partition coefficient (Wildman–Crippen LogP) is 2.44. The first-order valence-corrected chi connectivity index (χ1v) is 8.77. The second kappa shape index (κ2) is 7.59. The third-order valence-electron chi connectivity index (χ3n) is 4.45. The van der Waals surface area contributed by atoms with Gasteiger partial charge in [-0.3, -0.25) is 9.48 Å². The molecule has 24 heavy (non-hydrogen) atoms. The lowest BCUT2D eigenvalue weighted by Crippen LogP contribution is -2.30. The number of amides is 1. The van der Waals surface area contributed by atoms with Gasteiger partial charge in [0.25, 0.3) is 0 Å². The standard InChI is InChI=1S/C17H25N5O2/c1-3-6-15-19-16(24-20-15)8-4-9-17(23)22-10-5-7-14(22)13-11-18-21(2)12-13/h11-12,14H,3-10H2,1-2H3/t14-/m0/s1. The van der Waals surface area contributed by atoms with Crippen LogP contribution in [0.5, 0.6) is 0 Å². The minimum absolute atomic E-state index is 0.172. The number of aromatic nitrogens is 4. The predicted molar refractivity (Wildman–Crippen MR) is 88.1 cm³/mol. The molecule has 130 valence electrons. The Balaban J connectivity index is 1.50. The summed E-state index contributed by atoms with van der Waals surface area (Å²) in [5.41, 5.74) is 1.13. The second-order valence-corrected chi connectivity index (χ2v) is 6.40. The van der Waals surface area contributed by atoms with Crippen molar-refractivity contribution in [2.24, 2.45) is 7.05 Å². The van der Waals surface area contributed by atoms with Crippen molar-refractivity contribution in [3.8, 4) is 0 Å². The molecule has 1 fully saturated rings. The summed E-state index contributed by atoms with van der Waals surface area (Å²) in [5.74, 6) is 1.60. The van der Waals surface area contributed by atoms with E-state index in [2.05, 4.69) is 22.2 Å². The Morgan fingerprint density at radius 2 is 2.29 bits per heavy atom. The summed E-state index contributed by atoms with van der Waals surface area (Å²) in [6, 6.07) is 0.172. The summed E-state index contributed by atoms with van der Waals surface area (Å²) < 4.78 is 7.01. The number of aryl methyl sites for hydroxylation is 3. The van der Waals surface area contributed by atoms with Gasteiger partial charge in [-0.1, -0.05) is 12.1 Å². The van der Waals surface area contributed by atoms with Gasteiger partial charge < -0.3 is 9.42 Å². The van der Waals surface area contributed by atoms with Gasteiger partial charge in [0.1, 0.15) is 0 Å². The van der Waals surface area contributed by atoms with Crippen LogP contribution in [-0.4, -0.2) is 37.3 Å². The quantitative estimate of drug-likeness (QED) is 0.779. The second-order valence-electron chi connectivity index (χ2n) is 6.40. The molecule has 1 amide bonds. The minimum Gasteiger partial charge on any atom is -0.339 e. The maximum Gasteiger partial charge on any atom is 0.226 e. The Morgan fingerprint density at radius 1 is 1.42 bits per heavy atom. The normalized spacial score (nSPS) is 17.6. The van der Waals surface area contributed by atoms with Crippen molar-refractivity contribution in [2.45, 2.75) is 57.9 Å². The SMILES string of the molecule is CCCc1noc(CCCC(=O)N2CCC[C@H]2c2cnn(C)c2)n1. The van der Waals surface area contributed by atoms with E-state index in [0.717, 1.165) is 50.0 Å². The summed E-state index contributed by atoms with van der Waals surface area (Å²) in [7, 11) is 1.90. The van der Waals surface area contributed by atoms with E-state index in [0.29, 0.717) is 18.7 Å². The zero-order valence-corrected chi connectivity index (χ0v) is 14.4. The fraction of sp³-hybridized carbons (Fsp3) is 0.647. The molecule has 1 aliphatic rings. The van der Waals surface area contributed by atoms with E-state index in [1.165, 1.54) is 0 Å². The van der Waals surface area contributed by atoms with Crippen LogP contribution in [0.1, 0.15) is 62.3 Å². The van der Waals surface area contributed by atoms with Crippen LogP contribution in [0.4, 0.5) is 0 Å². The van der Waals surface area contributed by atoms with E-state index in [-0.39, 0.29) is 11.9 Å². The maximum atomic E-state index is 12.6. The highest BCUT2D eigenvalue weighted by Crippen LogP contribution is 2.32. The van der Waals surface area contributed by atoms with Crippen molar-refractivity contribution in [1.82, 2.24) is 24.8 Å². The lowest BCUT2D eigenvalue weighted by molar-refractivity contribution is -0.132. The minimum atomic E-state index is 0.172. The van der Waals surface area contributed by atoms with Gasteiger partial charge in [-0.05, 0) is 25.7 Å². The van der Waals surface area contributed by atoms with Crippen molar-refractivity contribution in [3.63, 3.8) is 0 Å². The molecule has 7 heteroatoms. The molecule has 2 aromatic heterocycles. The molecule has 0 aliphatic carbocycles. The van der Waals surface area contributed by atoms with Crippen LogP contribution in [0.3, 0.4) is 0 Å². The molecule has 0 bridgehead atoms. The van der Waals surface area contributed by atoms with Gasteiger partial charge in [-0.2, -0.15) is 10.1 Å². The van der Waals surface area contributed by atoms with Gasteiger partial charge in [0.2, 0.25) is 11.8 Å². The molecule has 1 atom stereocenters. The Hall–Kier alpha value is -2.18. The first-order valence-electron chi connectivity index (χ1n) is 8.77. The summed E-state index contributed by atoms with van der Waals surface area (Å²) in [6.45, 7) is 2.92. The van der Waals surface area contributed by atoms with Crippen molar-refractivity contribution in [2.75, 3.05) is 6.54 Å². The van der Waals surface area contributed by atoms with E-state index >= 15 is 0 Å². The highest BCUT2D eigenvalue weighted by molar-refractivity contribution is 5.77. The van der Waals surface area contributed by atoms with Crippen molar-refractivity contribution in [1.29, 1.82) is 0 Å². The molecule has 0 radical (unpaired) electrons. The van der Waals surface area contributed by atoms with Gasteiger partial charge >= 0.3 is 0 Å². The van der Waals surface area contributed by atoms with Gasteiger partial charge in [-0.25, -0.2) is 0 Å². The molecule has 0 unspecified atom stereocenters. The van der Waals surface area contributed by atoms with Crippen LogP contribution in [0.25, 0.3) is 0 Å². The fourth-order valence-electron chi connectivity index (χ4n) is 3.28. The van der Waals surface area contributed by atoms with Crippen LogP contribution in [0.15, 0.2) is 16.9 Å². The monoisotopic (exact) mass is 331 g/mol. The van der Waals surface area contributed by atoms with Crippen LogP contribution in [0.2, 0.25) is 0 Å². The Labute approximate surface area is 142 Å². The van der Waals surface area contributed by atoms with E-state index in [1.54, 1.807) is 4.68 Å². The number of carbonyl (C=O) groups excluding carboxylic acids is 1. The van der Waals surface area contributed by atoms with Crippen LogP contribution >= 0.6 is 0 Å². The molecule has 3 rings (SSSR count). The molecular weight excluding hydrogens is 306 g/mol. The molecule has 0 saturated carbocycles. The van der Waals surface area contributed by atoms with Crippen molar-refractivity contribution < 1.29 is 9.32 Å². The highest BCUT2D eigenvalue weighted by Gasteiger charge is 2.30. The Kier molecular flexibility index (Phi) is 5.27.